The number of hydrogen-bond donors (Lipinski definition) is 1. The standard InChI is InChI=1S/C22H20N2O6S2/c1-13(25)14-9-17-18(30-12-29-17)10-16(14)23-20(26)11-28-21(27)7-4-8-31-22-24-15-5-2-3-6-19(15)32-22/h2-3,5-6,9-10H,4,7-8,11-12H2,1H3,(H,23,26). The molecule has 2 aromatic carbocycles. The maximum Gasteiger partial charge on any atom is 0.306 e. The molecule has 1 aliphatic rings. The highest BCUT2D eigenvalue weighted by atomic mass is 32.2. The molecule has 3 aromatic rings. The fourth-order valence-electron chi connectivity index (χ4n) is 3.03. The van der Waals surface area contributed by atoms with Crippen molar-refractivity contribution in [3.05, 3.63) is 42.0 Å². The number of hydrogen-bond acceptors (Lipinski definition) is 9. The summed E-state index contributed by atoms with van der Waals surface area (Å²) in [4.78, 5) is 40.6. The van der Waals surface area contributed by atoms with Crippen molar-refractivity contribution in [2.45, 2.75) is 24.1 Å². The van der Waals surface area contributed by atoms with E-state index in [1.807, 2.05) is 24.3 Å². The molecular formula is C22H20N2O6S2. The first-order valence-electron chi connectivity index (χ1n) is 9.88. The van der Waals surface area contributed by atoms with E-state index in [4.69, 9.17) is 14.2 Å². The molecule has 10 heteroatoms. The highest BCUT2D eigenvalue weighted by Crippen LogP contribution is 2.37. The molecule has 1 aromatic heterocycles. The lowest BCUT2D eigenvalue weighted by molar-refractivity contribution is -0.147. The van der Waals surface area contributed by atoms with Crippen LogP contribution in [-0.2, 0) is 14.3 Å². The second-order valence-corrected chi connectivity index (χ2v) is 9.29. The zero-order valence-corrected chi connectivity index (χ0v) is 18.8. The highest BCUT2D eigenvalue weighted by Gasteiger charge is 2.20. The first kappa shape index (κ1) is 22.1. The predicted octanol–water partition coefficient (Wildman–Crippen LogP) is 4.28. The van der Waals surface area contributed by atoms with Gasteiger partial charge in [-0.25, -0.2) is 4.98 Å². The number of amides is 1. The molecule has 166 valence electrons. The molecular weight excluding hydrogens is 452 g/mol. The molecule has 0 unspecified atom stereocenters. The van der Waals surface area contributed by atoms with Gasteiger partial charge in [-0.2, -0.15) is 0 Å². The van der Waals surface area contributed by atoms with Crippen molar-refractivity contribution >= 4 is 56.7 Å². The second-order valence-electron chi connectivity index (χ2n) is 6.92. The number of para-hydroxylation sites is 1. The normalized spacial score (nSPS) is 12.0. The van der Waals surface area contributed by atoms with Gasteiger partial charge >= 0.3 is 5.97 Å². The van der Waals surface area contributed by atoms with Gasteiger partial charge in [0.25, 0.3) is 5.91 Å². The van der Waals surface area contributed by atoms with Crippen LogP contribution in [0.2, 0.25) is 0 Å². The number of Topliss-reactive ketones (excluding diaryl/α,β-unsaturated/α-hetero) is 1. The van der Waals surface area contributed by atoms with Crippen LogP contribution in [0.15, 0.2) is 40.7 Å². The molecule has 1 amide bonds. The van der Waals surface area contributed by atoms with Gasteiger partial charge in [0.2, 0.25) is 6.79 Å². The Labute approximate surface area is 192 Å². The minimum absolute atomic E-state index is 0.0545. The SMILES string of the molecule is CC(=O)c1cc2c(cc1NC(=O)COC(=O)CCCSc1nc3ccccc3s1)OCO2. The number of anilines is 1. The van der Waals surface area contributed by atoms with Crippen LogP contribution in [0.3, 0.4) is 0 Å². The summed E-state index contributed by atoms with van der Waals surface area (Å²) in [6, 6.07) is 11.0. The molecule has 1 aliphatic heterocycles. The van der Waals surface area contributed by atoms with Crippen molar-refractivity contribution in [1.82, 2.24) is 4.98 Å². The number of benzene rings is 2. The van der Waals surface area contributed by atoms with Crippen LogP contribution in [0, 0.1) is 0 Å². The summed E-state index contributed by atoms with van der Waals surface area (Å²) in [6.07, 6.45) is 0.811. The van der Waals surface area contributed by atoms with E-state index < -0.39 is 18.5 Å². The highest BCUT2D eigenvalue weighted by molar-refractivity contribution is 8.01. The summed E-state index contributed by atoms with van der Waals surface area (Å²) in [5.41, 5.74) is 1.55. The average molecular weight is 473 g/mol. The van der Waals surface area contributed by atoms with Crippen molar-refractivity contribution in [2.75, 3.05) is 24.5 Å². The topological polar surface area (TPSA) is 104 Å². The summed E-state index contributed by atoms with van der Waals surface area (Å²) < 4.78 is 17.7. The molecule has 4 rings (SSSR count). The first-order valence-corrected chi connectivity index (χ1v) is 11.7. The van der Waals surface area contributed by atoms with Crippen LogP contribution in [0.4, 0.5) is 5.69 Å². The first-order chi connectivity index (χ1) is 15.5. The number of ether oxygens (including phenoxy) is 3. The minimum Gasteiger partial charge on any atom is -0.456 e. The Morgan fingerprint density at radius 2 is 1.97 bits per heavy atom. The number of esters is 1. The van der Waals surface area contributed by atoms with Crippen LogP contribution >= 0.6 is 23.1 Å². The van der Waals surface area contributed by atoms with E-state index >= 15 is 0 Å². The molecule has 0 bridgehead atoms. The minimum atomic E-state index is -0.538. The van der Waals surface area contributed by atoms with E-state index in [-0.39, 0.29) is 24.7 Å². The molecule has 0 spiro atoms. The van der Waals surface area contributed by atoms with Gasteiger partial charge in [0.1, 0.15) is 0 Å². The smallest absolute Gasteiger partial charge is 0.306 e. The Hall–Kier alpha value is -3.11. The summed E-state index contributed by atoms with van der Waals surface area (Å²) in [6.45, 7) is 1.01. The number of nitrogens with zero attached hydrogens (tertiary/aromatic N) is 1. The summed E-state index contributed by atoms with van der Waals surface area (Å²) in [5.74, 6) is 0.379. The van der Waals surface area contributed by atoms with Gasteiger partial charge in [0.05, 0.1) is 15.9 Å². The molecule has 0 saturated heterocycles. The van der Waals surface area contributed by atoms with Crippen molar-refractivity contribution in [3.8, 4) is 11.5 Å². The van der Waals surface area contributed by atoms with Gasteiger partial charge in [-0.1, -0.05) is 23.9 Å². The predicted molar refractivity (Wildman–Crippen MR) is 122 cm³/mol. The summed E-state index contributed by atoms with van der Waals surface area (Å²) >= 11 is 3.22. The number of thioether (sulfide) groups is 1. The zero-order chi connectivity index (χ0) is 22.5. The van der Waals surface area contributed by atoms with Crippen LogP contribution in [0.5, 0.6) is 11.5 Å². The third-order valence-corrected chi connectivity index (χ3v) is 6.82. The molecule has 0 atom stereocenters. The molecule has 0 fully saturated rings. The van der Waals surface area contributed by atoms with Gasteiger partial charge in [-0.3, -0.25) is 14.4 Å². The number of nitrogens with one attached hydrogen (secondary N) is 1. The quantitative estimate of drug-likeness (QED) is 0.213. The van der Waals surface area contributed by atoms with E-state index in [0.717, 1.165) is 20.3 Å². The Morgan fingerprint density at radius 1 is 1.19 bits per heavy atom. The molecule has 32 heavy (non-hydrogen) atoms. The molecule has 0 radical (unpaired) electrons. The molecule has 0 aliphatic carbocycles. The summed E-state index contributed by atoms with van der Waals surface area (Å²) in [5, 5.41) is 2.59. The summed E-state index contributed by atoms with van der Waals surface area (Å²) in [7, 11) is 0. The fraction of sp³-hybridized carbons (Fsp3) is 0.273. The third-order valence-electron chi connectivity index (χ3n) is 4.56. The van der Waals surface area contributed by atoms with Crippen molar-refractivity contribution < 1.29 is 28.6 Å². The maximum absolute atomic E-state index is 12.2. The number of rotatable bonds is 9. The Bertz CT molecular complexity index is 1140. The largest absolute Gasteiger partial charge is 0.456 e. The van der Waals surface area contributed by atoms with Crippen LogP contribution in [0.25, 0.3) is 10.2 Å². The van der Waals surface area contributed by atoms with Gasteiger partial charge in [0.15, 0.2) is 28.2 Å². The Kier molecular flexibility index (Phi) is 6.91. The molecule has 0 saturated carbocycles. The lowest BCUT2D eigenvalue weighted by Crippen LogP contribution is -2.22. The van der Waals surface area contributed by atoms with Crippen LogP contribution in [0.1, 0.15) is 30.1 Å². The van der Waals surface area contributed by atoms with E-state index in [1.54, 1.807) is 23.1 Å². The van der Waals surface area contributed by atoms with Gasteiger partial charge in [-0.05, 0) is 31.5 Å². The Balaban J connectivity index is 1.20. The van der Waals surface area contributed by atoms with E-state index in [2.05, 4.69) is 10.3 Å². The number of fused-ring (bicyclic) bond motifs is 2. The van der Waals surface area contributed by atoms with Crippen molar-refractivity contribution in [1.29, 1.82) is 0 Å². The average Bonchev–Trinajstić information content (AvgIpc) is 3.40. The van der Waals surface area contributed by atoms with E-state index in [9.17, 15) is 14.4 Å². The lowest BCUT2D eigenvalue weighted by atomic mass is 10.1. The third kappa shape index (κ3) is 5.38. The second kappa shape index (κ2) is 10.0. The van der Waals surface area contributed by atoms with E-state index in [0.29, 0.717) is 23.5 Å². The number of ketones is 1. The molecule has 1 N–H and O–H groups in total. The Morgan fingerprint density at radius 3 is 2.75 bits per heavy atom. The van der Waals surface area contributed by atoms with Crippen LogP contribution in [-0.4, -0.2) is 41.8 Å². The maximum atomic E-state index is 12.2. The van der Waals surface area contributed by atoms with Crippen molar-refractivity contribution in [3.63, 3.8) is 0 Å². The number of thiazole rings is 1. The van der Waals surface area contributed by atoms with Gasteiger partial charge < -0.3 is 19.5 Å². The molecule has 2 heterocycles. The monoisotopic (exact) mass is 472 g/mol. The van der Waals surface area contributed by atoms with Crippen LogP contribution < -0.4 is 14.8 Å². The van der Waals surface area contributed by atoms with E-state index in [1.165, 1.54) is 19.1 Å². The van der Waals surface area contributed by atoms with Gasteiger partial charge in [0, 0.05) is 23.8 Å². The number of carbonyl (C=O) groups is 3. The van der Waals surface area contributed by atoms with Gasteiger partial charge in [-0.15, -0.1) is 11.3 Å². The number of carbonyl (C=O) groups excluding carboxylic acids is 3. The lowest BCUT2D eigenvalue weighted by Gasteiger charge is -2.11. The fourth-order valence-corrected chi connectivity index (χ4v) is 5.11. The number of aromatic nitrogens is 1. The zero-order valence-electron chi connectivity index (χ0n) is 17.2. The van der Waals surface area contributed by atoms with Crippen molar-refractivity contribution in [2.24, 2.45) is 0 Å². The molecule has 8 nitrogen and oxygen atoms in total.